The predicted octanol–water partition coefficient (Wildman–Crippen LogP) is -3.35. The molecule has 14 heteroatoms. The van der Waals surface area contributed by atoms with Crippen molar-refractivity contribution >= 4 is 35.5 Å². The molecule has 0 aromatic rings. The summed E-state index contributed by atoms with van der Waals surface area (Å²) in [6.45, 7) is 3.85. The third kappa shape index (κ3) is 9.86. The summed E-state index contributed by atoms with van der Waals surface area (Å²) in [7, 11) is 0. The summed E-state index contributed by atoms with van der Waals surface area (Å²) >= 11 is 0. The summed E-state index contributed by atoms with van der Waals surface area (Å²) in [5.41, 5.74) is 5.35. The molecule has 35 heavy (non-hydrogen) atoms. The number of aliphatic hydroxyl groups is 1. The molecular formula is C21H36N6O8. The van der Waals surface area contributed by atoms with Crippen LogP contribution >= 0.6 is 0 Å². The van der Waals surface area contributed by atoms with E-state index < -0.39 is 72.8 Å². The van der Waals surface area contributed by atoms with Crippen molar-refractivity contribution in [2.24, 2.45) is 11.7 Å². The smallest absolute Gasteiger partial charge is 0.322 e. The number of carboxylic acids is 1. The van der Waals surface area contributed by atoms with Gasteiger partial charge in [0.05, 0.1) is 19.2 Å². The first-order valence-electron chi connectivity index (χ1n) is 11.4. The molecule has 0 spiro atoms. The SMILES string of the molecule is CC(C)C[C@H](NC(=O)CN)C(=O)N1CCC[C@H]1C(=O)N[C@H](C(=O)NCC(=O)NCC(=O)O)[C@@H](C)O. The Morgan fingerprint density at radius 3 is 2.20 bits per heavy atom. The van der Waals surface area contributed by atoms with Crippen molar-refractivity contribution in [3.05, 3.63) is 0 Å². The third-order valence-electron chi connectivity index (χ3n) is 5.29. The van der Waals surface area contributed by atoms with E-state index in [1.54, 1.807) is 0 Å². The molecule has 0 saturated carbocycles. The fraction of sp³-hybridized carbons (Fsp3) is 0.714. The van der Waals surface area contributed by atoms with Crippen LogP contribution in [-0.2, 0) is 28.8 Å². The molecule has 0 aliphatic carbocycles. The van der Waals surface area contributed by atoms with Crippen molar-refractivity contribution in [3.8, 4) is 0 Å². The van der Waals surface area contributed by atoms with Crippen LogP contribution in [0.1, 0.15) is 40.0 Å². The van der Waals surface area contributed by atoms with Crippen LogP contribution in [0.4, 0.5) is 0 Å². The molecule has 0 bridgehead atoms. The number of hydrogen-bond donors (Lipinski definition) is 7. The molecule has 0 aromatic carbocycles. The molecule has 8 N–H and O–H groups in total. The van der Waals surface area contributed by atoms with E-state index in [0.717, 1.165) is 0 Å². The van der Waals surface area contributed by atoms with E-state index in [1.165, 1.54) is 11.8 Å². The molecule has 1 rings (SSSR count). The van der Waals surface area contributed by atoms with E-state index in [-0.39, 0.29) is 19.0 Å². The van der Waals surface area contributed by atoms with E-state index >= 15 is 0 Å². The van der Waals surface area contributed by atoms with Gasteiger partial charge < -0.3 is 42.1 Å². The monoisotopic (exact) mass is 500 g/mol. The maximum Gasteiger partial charge on any atom is 0.322 e. The highest BCUT2D eigenvalue weighted by Crippen LogP contribution is 2.20. The van der Waals surface area contributed by atoms with E-state index in [2.05, 4.69) is 21.3 Å². The summed E-state index contributed by atoms with van der Waals surface area (Å²) in [5, 5.41) is 27.9. The number of hydrogen-bond acceptors (Lipinski definition) is 8. The lowest BCUT2D eigenvalue weighted by Gasteiger charge is -2.30. The van der Waals surface area contributed by atoms with Gasteiger partial charge in [0, 0.05) is 6.54 Å². The number of carbonyl (C=O) groups is 6. The number of aliphatic hydroxyl groups excluding tert-OH is 1. The van der Waals surface area contributed by atoms with Gasteiger partial charge in [0.1, 0.15) is 24.7 Å². The quantitative estimate of drug-likeness (QED) is 0.134. The number of likely N-dealkylation sites (tertiary alicyclic amines) is 1. The zero-order valence-electron chi connectivity index (χ0n) is 20.2. The van der Waals surface area contributed by atoms with E-state index in [1.807, 2.05) is 13.8 Å². The average molecular weight is 501 g/mol. The minimum absolute atomic E-state index is 0.0768. The first-order chi connectivity index (χ1) is 16.4. The summed E-state index contributed by atoms with van der Waals surface area (Å²) < 4.78 is 0. The molecule has 0 aromatic heterocycles. The Morgan fingerprint density at radius 2 is 1.66 bits per heavy atom. The average Bonchev–Trinajstić information content (AvgIpc) is 3.27. The number of aliphatic carboxylic acids is 1. The maximum absolute atomic E-state index is 13.2. The first-order valence-corrected chi connectivity index (χ1v) is 11.4. The van der Waals surface area contributed by atoms with Crippen LogP contribution in [0.3, 0.4) is 0 Å². The number of nitrogens with two attached hydrogens (primary N) is 1. The summed E-state index contributed by atoms with van der Waals surface area (Å²) in [6.07, 6.45) is -0.136. The molecule has 1 fully saturated rings. The standard InChI is InChI=1S/C21H36N6O8/c1-11(2)7-13(25-15(29)8-22)21(35)27-6-4-5-14(27)19(33)26-18(12(3)28)20(34)24-9-16(30)23-10-17(31)32/h11-14,18,28H,4-10,22H2,1-3H3,(H,23,30)(H,24,34)(H,25,29)(H,26,33)(H,31,32)/t12-,13+,14+,18+/m1/s1. The molecule has 1 saturated heterocycles. The number of rotatable bonds is 13. The zero-order chi connectivity index (χ0) is 26.7. The Labute approximate surface area is 203 Å². The Morgan fingerprint density at radius 1 is 1.00 bits per heavy atom. The highest BCUT2D eigenvalue weighted by Gasteiger charge is 2.39. The van der Waals surface area contributed by atoms with Gasteiger partial charge in [-0.3, -0.25) is 28.8 Å². The molecule has 198 valence electrons. The Bertz CT molecular complexity index is 803. The summed E-state index contributed by atoms with van der Waals surface area (Å²) in [4.78, 5) is 73.8. The van der Waals surface area contributed by atoms with E-state index in [0.29, 0.717) is 19.3 Å². The molecule has 0 radical (unpaired) electrons. The van der Waals surface area contributed by atoms with Crippen molar-refractivity contribution in [2.75, 3.05) is 26.2 Å². The second-order valence-corrected chi connectivity index (χ2v) is 8.76. The minimum atomic E-state index is -1.42. The van der Waals surface area contributed by atoms with E-state index in [9.17, 15) is 33.9 Å². The van der Waals surface area contributed by atoms with Gasteiger partial charge in [-0.1, -0.05) is 13.8 Å². The second kappa shape index (κ2) is 14.2. The van der Waals surface area contributed by atoms with Crippen LogP contribution in [0.5, 0.6) is 0 Å². The Hall–Kier alpha value is -3.26. The van der Waals surface area contributed by atoms with Crippen LogP contribution in [0.15, 0.2) is 0 Å². The first kappa shape index (κ1) is 29.8. The molecule has 1 aliphatic rings. The number of nitrogens with one attached hydrogen (secondary N) is 4. The fourth-order valence-electron chi connectivity index (χ4n) is 3.62. The predicted molar refractivity (Wildman–Crippen MR) is 122 cm³/mol. The Kier molecular flexibility index (Phi) is 12.1. The molecule has 4 atom stereocenters. The van der Waals surface area contributed by atoms with Crippen molar-refractivity contribution in [1.82, 2.24) is 26.2 Å². The van der Waals surface area contributed by atoms with Crippen molar-refractivity contribution < 1.29 is 39.0 Å². The van der Waals surface area contributed by atoms with Gasteiger partial charge in [-0.2, -0.15) is 0 Å². The van der Waals surface area contributed by atoms with Gasteiger partial charge in [0.15, 0.2) is 0 Å². The van der Waals surface area contributed by atoms with E-state index in [4.69, 9.17) is 10.8 Å². The van der Waals surface area contributed by atoms with Gasteiger partial charge in [0.25, 0.3) is 0 Å². The highest BCUT2D eigenvalue weighted by atomic mass is 16.4. The lowest BCUT2D eigenvalue weighted by Crippen LogP contribution is -2.59. The minimum Gasteiger partial charge on any atom is -0.480 e. The molecule has 1 aliphatic heterocycles. The van der Waals surface area contributed by atoms with Crippen molar-refractivity contribution in [3.63, 3.8) is 0 Å². The van der Waals surface area contributed by atoms with Gasteiger partial charge in [0.2, 0.25) is 29.5 Å². The molecule has 5 amide bonds. The number of nitrogens with zero attached hydrogens (tertiary/aromatic N) is 1. The van der Waals surface area contributed by atoms with Gasteiger partial charge in [-0.05, 0) is 32.1 Å². The highest BCUT2D eigenvalue weighted by molar-refractivity contribution is 5.95. The van der Waals surface area contributed by atoms with Gasteiger partial charge in [-0.25, -0.2) is 0 Å². The van der Waals surface area contributed by atoms with Gasteiger partial charge in [-0.15, -0.1) is 0 Å². The molecular weight excluding hydrogens is 464 g/mol. The van der Waals surface area contributed by atoms with Crippen LogP contribution in [-0.4, -0.2) is 101 Å². The molecule has 0 unspecified atom stereocenters. The topological polar surface area (TPSA) is 220 Å². The number of carbonyl (C=O) groups excluding carboxylic acids is 5. The Balaban J connectivity index is 2.85. The second-order valence-electron chi connectivity index (χ2n) is 8.76. The van der Waals surface area contributed by atoms with Crippen LogP contribution in [0.2, 0.25) is 0 Å². The maximum atomic E-state index is 13.2. The van der Waals surface area contributed by atoms with Crippen molar-refractivity contribution in [1.29, 1.82) is 0 Å². The van der Waals surface area contributed by atoms with Crippen molar-refractivity contribution in [2.45, 2.75) is 64.3 Å². The molecule has 1 heterocycles. The zero-order valence-corrected chi connectivity index (χ0v) is 20.2. The lowest BCUT2D eigenvalue weighted by molar-refractivity contribution is -0.143. The fourth-order valence-corrected chi connectivity index (χ4v) is 3.62. The third-order valence-corrected chi connectivity index (χ3v) is 5.29. The van der Waals surface area contributed by atoms with Crippen LogP contribution < -0.4 is 27.0 Å². The lowest BCUT2D eigenvalue weighted by atomic mass is 10.0. The molecule has 14 nitrogen and oxygen atoms in total. The van der Waals surface area contributed by atoms with Gasteiger partial charge >= 0.3 is 5.97 Å². The number of carboxylic acid groups (broad SMARTS) is 1. The normalized spacial score (nSPS) is 17.8. The summed E-state index contributed by atoms with van der Waals surface area (Å²) in [5.74, 6) is -4.41. The number of amides is 5. The summed E-state index contributed by atoms with van der Waals surface area (Å²) in [6, 6.07) is -3.20. The van der Waals surface area contributed by atoms with Crippen LogP contribution in [0, 0.1) is 5.92 Å². The van der Waals surface area contributed by atoms with Crippen LogP contribution in [0.25, 0.3) is 0 Å². The largest absolute Gasteiger partial charge is 0.480 e.